The molecule has 2 unspecified atom stereocenters. The van der Waals surface area contributed by atoms with Crippen LogP contribution in [0.1, 0.15) is 42.5 Å². The van der Waals surface area contributed by atoms with Crippen molar-refractivity contribution in [3.05, 3.63) is 76.6 Å². The van der Waals surface area contributed by atoms with E-state index in [9.17, 15) is 0 Å². The van der Waals surface area contributed by atoms with Gasteiger partial charge in [-0.1, -0.05) is 34.0 Å². The molecule has 1 aliphatic carbocycles. The van der Waals surface area contributed by atoms with Gasteiger partial charge in [-0.15, -0.1) is 0 Å². The Morgan fingerprint density at radius 3 is 2.79 bits per heavy atom. The average Bonchev–Trinajstić information content (AvgIpc) is 3.10. The van der Waals surface area contributed by atoms with Crippen LogP contribution in [-0.4, -0.2) is 5.91 Å². The standard InChI is InChI=1S/C24H26N3OP/c1-4-20(25-13(2)3)15-5-7-17-16(9-15)12-28-22-11-18-14(10-19(17)22)6-8-21-23(18)27-24(29)26-21/h4-5,7,9-11,24-27H,2,6,8,12,29H2,1,3H3/b20-4-. The molecule has 0 aromatic heterocycles. The van der Waals surface area contributed by atoms with Gasteiger partial charge in [0.1, 0.15) is 18.3 Å². The highest BCUT2D eigenvalue weighted by Gasteiger charge is 2.29. The highest BCUT2D eigenvalue weighted by Crippen LogP contribution is 2.43. The Bertz CT molecular complexity index is 1100. The van der Waals surface area contributed by atoms with Gasteiger partial charge < -0.3 is 20.7 Å². The molecule has 2 aromatic rings. The van der Waals surface area contributed by atoms with Gasteiger partial charge in [0.05, 0.1) is 5.70 Å². The number of allylic oxidation sites excluding steroid dienone is 3. The van der Waals surface area contributed by atoms with Crippen LogP contribution >= 0.6 is 9.24 Å². The summed E-state index contributed by atoms with van der Waals surface area (Å²) in [7, 11) is 2.80. The number of aryl methyl sites for hydroxylation is 1. The van der Waals surface area contributed by atoms with Crippen LogP contribution in [0, 0.1) is 0 Å². The van der Waals surface area contributed by atoms with Crippen molar-refractivity contribution in [1.82, 2.24) is 16.0 Å². The quantitative estimate of drug-likeness (QED) is 0.651. The molecule has 3 N–H and O–H groups in total. The lowest BCUT2D eigenvalue weighted by atomic mass is 9.87. The lowest BCUT2D eigenvalue weighted by Crippen LogP contribution is -2.25. The number of ether oxygens (including phenoxy) is 1. The molecule has 5 rings (SSSR count). The van der Waals surface area contributed by atoms with Crippen molar-refractivity contribution in [2.24, 2.45) is 0 Å². The second-order valence-electron chi connectivity index (χ2n) is 7.89. The van der Waals surface area contributed by atoms with Crippen LogP contribution in [0.2, 0.25) is 0 Å². The molecule has 0 saturated heterocycles. The number of hydrogen-bond acceptors (Lipinski definition) is 4. The molecule has 0 spiro atoms. The molecule has 148 valence electrons. The summed E-state index contributed by atoms with van der Waals surface area (Å²) >= 11 is 0. The third-order valence-corrected chi connectivity index (χ3v) is 6.11. The second kappa shape index (κ2) is 6.96. The predicted octanol–water partition coefficient (Wildman–Crippen LogP) is 4.70. The molecule has 29 heavy (non-hydrogen) atoms. The molecule has 0 bridgehead atoms. The molecule has 0 amide bonds. The summed E-state index contributed by atoms with van der Waals surface area (Å²) < 4.78 is 6.21. The highest BCUT2D eigenvalue weighted by atomic mass is 31.0. The van der Waals surface area contributed by atoms with Crippen molar-refractivity contribution >= 4 is 20.6 Å². The molecule has 2 heterocycles. The Kier molecular flexibility index (Phi) is 4.40. The van der Waals surface area contributed by atoms with Crippen LogP contribution < -0.4 is 20.7 Å². The average molecular weight is 403 g/mol. The smallest absolute Gasteiger partial charge is 0.128 e. The predicted molar refractivity (Wildman–Crippen MR) is 123 cm³/mol. The van der Waals surface area contributed by atoms with Crippen LogP contribution in [0.25, 0.3) is 22.5 Å². The normalized spacial score (nSPS) is 19.1. The Morgan fingerprint density at radius 1 is 1.14 bits per heavy atom. The van der Waals surface area contributed by atoms with Gasteiger partial charge in [0.25, 0.3) is 0 Å². The molecule has 0 saturated carbocycles. The molecule has 2 aliphatic heterocycles. The van der Waals surface area contributed by atoms with E-state index in [0.29, 0.717) is 6.61 Å². The summed E-state index contributed by atoms with van der Waals surface area (Å²) in [5.74, 6) is 1.17. The zero-order valence-corrected chi connectivity index (χ0v) is 18.0. The molecule has 0 radical (unpaired) electrons. The van der Waals surface area contributed by atoms with E-state index < -0.39 is 0 Å². The van der Waals surface area contributed by atoms with Gasteiger partial charge in [0.15, 0.2) is 0 Å². The maximum absolute atomic E-state index is 6.21. The maximum Gasteiger partial charge on any atom is 0.128 e. The van der Waals surface area contributed by atoms with E-state index >= 15 is 0 Å². The zero-order valence-electron chi connectivity index (χ0n) is 16.9. The molecule has 2 aromatic carbocycles. The minimum absolute atomic E-state index is 0.204. The van der Waals surface area contributed by atoms with Gasteiger partial charge in [-0.3, -0.25) is 0 Å². The first-order chi connectivity index (χ1) is 14.0. The molecular formula is C24H26N3OP. The Morgan fingerprint density at radius 2 is 2.00 bits per heavy atom. The summed E-state index contributed by atoms with van der Waals surface area (Å²) in [6.45, 7) is 8.56. The molecule has 2 atom stereocenters. The minimum Gasteiger partial charge on any atom is -0.488 e. The Hall–Kier alpha value is -2.71. The molecule has 5 heteroatoms. The Balaban J connectivity index is 1.55. The van der Waals surface area contributed by atoms with Crippen molar-refractivity contribution < 1.29 is 4.74 Å². The van der Waals surface area contributed by atoms with Crippen LogP contribution in [0.3, 0.4) is 0 Å². The van der Waals surface area contributed by atoms with E-state index in [4.69, 9.17) is 4.74 Å². The minimum atomic E-state index is 0.204. The number of rotatable bonds is 3. The summed E-state index contributed by atoms with van der Waals surface area (Å²) in [5, 5.41) is 10.4. The zero-order chi connectivity index (χ0) is 20.1. The van der Waals surface area contributed by atoms with E-state index in [1.807, 2.05) is 13.8 Å². The first-order valence-electron chi connectivity index (χ1n) is 10.1. The van der Waals surface area contributed by atoms with Crippen LogP contribution in [0.15, 0.2) is 54.4 Å². The van der Waals surface area contributed by atoms with Crippen LogP contribution in [-0.2, 0) is 13.0 Å². The fraction of sp³-hybridized carbons (Fsp3) is 0.250. The van der Waals surface area contributed by atoms with Crippen molar-refractivity contribution in [1.29, 1.82) is 0 Å². The van der Waals surface area contributed by atoms with Gasteiger partial charge in [-0.25, -0.2) is 0 Å². The second-order valence-corrected chi connectivity index (χ2v) is 8.56. The number of hydrogen-bond donors (Lipinski definition) is 3. The molecule has 4 nitrogen and oxygen atoms in total. The van der Waals surface area contributed by atoms with Crippen molar-refractivity contribution in [2.75, 3.05) is 0 Å². The lowest BCUT2D eigenvalue weighted by Gasteiger charge is -2.26. The van der Waals surface area contributed by atoms with Gasteiger partial charge in [-0.05, 0) is 67.1 Å². The first kappa shape index (κ1) is 18.3. The van der Waals surface area contributed by atoms with Gasteiger partial charge >= 0.3 is 0 Å². The third-order valence-electron chi connectivity index (χ3n) is 5.78. The topological polar surface area (TPSA) is 45.3 Å². The first-order valence-corrected chi connectivity index (χ1v) is 10.7. The summed E-state index contributed by atoms with van der Waals surface area (Å²) in [6.07, 6.45) is 4.17. The molecule has 3 aliphatic rings. The SMILES string of the molecule is C=C(C)N/C(=C\C)c1ccc2c(c1)COc1cc3c(cc1-2)CCC1=C3NC(P)N1. The number of fused-ring (bicyclic) bond motifs is 5. The van der Waals surface area contributed by atoms with E-state index in [0.717, 1.165) is 35.5 Å². The van der Waals surface area contributed by atoms with Gasteiger partial charge in [0.2, 0.25) is 0 Å². The largest absolute Gasteiger partial charge is 0.488 e. The fourth-order valence-corrected chi connectivity index (χ4v) is 4.84. The van der Waals surface area contributed by atoms with Crippen molar-refractivity contribution in [3.63, 3.8) is 0 Å². The van der Waals surface area contributed by atoms with Crippen LogP contribution in [0.4, 0.5) is 0 Å². The lowest BCUT2D eigenvalue weighted by molar-refractivity contribution is 0.302. The highest BCUT2D eigenvalue weighted by molar-refractivity contribution is 7.17. The summed E-state index contributed by atoms with van der Waals surface area (Å²) in [4.78, 5) is 0. The van der Waals surface area contributed by atoms with Crippen molar-refractivity contribution in [3.8, 4) is 16.9 Å². The summed E-state index contributed by atoms with van der Waals surface area (Å²) in [5.41, 5.74) is 12.0. The van der Waals surface area contributed by atoms with E-state index in [2.05, 4.69) is 68.2 Å². The molecular weight excluding hydrogens is 377 g/mol. The van der Waals surface area contributed by atoms with Gasteiger partial charge in [0, 0.05) is 28.2 Å². The van der Waals surface area contributed by atoms with E-state index in [1.54, 1.807) is 0 Å². The van der Waals surface area contributed by atoms with Gasteiger partial charge in [-0.2, -0.15) is 0 Å². The maximum atomic E-state index is 6.21. The molecule has 0 fully saturated rings. The Labute approximate surface area is 174 Å². The number of nitrogens with one attached hydrogen (secondary N) is 3. The fourth-order valence-electron chi connectivity index (χ4n) is 4.47. The van der Waals surface area contributed by atoms with E-state index in [-0.39, 0.29) is 5.91 Å². The third kappa shape index (κ3) is 3.12. The van der Waals surface area contributed by atoms with E-state index in [1.165, 1.54) is 39.2 Å². The number of benzene rings is 2. The monoisotopic (exact) mass is 403 g/mol. The summed E-state index contributed by atoms with van der Waals surface area (Å²) in [6, 6.07) is 11.2. The van der Waals surface area contributed by atoms with Crippen molar-refractivity contribution in [2.45, 2.75) is 39.2 Å². The van der Waals surface area contributed by atoms with Crippen LogP contribution in [0.5, 0.6) is 5.75 Å².